The third-order valence-electron chi connectivity index (χ3n) is 7.49. The SMILES string of the molecule is CCCCCC(=O)N(CCCCC)CC(=O)N(Cc1cccn1Cc1ccccc1)C1CCCCC1. The highest BCUT2D eigenvalue weighted by atomic mass is 16.2. The summed E-state index contributed by atoms with van der Waals surface area (Å²) in [5, 5.41) is 0. The average molecular weight is 494 g/mol. The summed E-state index contributed by atoms with van der Waals surface area (Å²) in [6.45, 7) is 6.64. The molecule has 3 rings (SSSR count). The highest BCUT2D eigenvalue weighted by molar-refractivity contribution is 5.85. The Morgan fingerprint density at radius 2 is 1.58 bits per heavy atom. The molecule has 0 N–H and O–H groups in total. The molecule has 1 aromatic heterocycles. The molecule has 1 saturated carbocycles. The number of nitrogens with zero attached hydrogens (tertiary/aromatic N) is 3. The highest BCUT2D eigenvalue weighted by Crippen LogP contribution is 2.25. The molecule has 1 aromatic carbocycles. The summed E-state index contributed by atoms with van der Waals surface area (Å²) < 4.78 is 2.26. The van der Waals surface area contributed by atoms with Gasteiger partial charge in [-0.25, -0.2) is 0 Å². The Morgan fingerprint density at radius 1 is 0.861 bits per heavy atom. The maximum absolute atomic E-state index is 13.8. The van der Waals surface area contributed by atoms with E-state index in [1.54, 1.807) is 0 Å². The van der Waals surface area contributed by atoms with Gasteiger partial charge in [0.1, 0.15) is 0 Å². The standard InChI is InChI=1S/C31H47N3O2/c1-3-5-9-21-30(35)33(22-14-6-4-2)26-31(36)34(28-18-12-8-13-19-28)25-29-20-15-23-32(29)24-27-16-10-7-11-17-27/h7,10-11,15-17,20,23,28H,3-6,8-9,12-14,18-19,21-22,24-26H2,1-2H3. The lowest BCUT2D eigenvalue weighted by molar-refractivity contribution is -0.143. The van der Waals surface area contributed by atoms with E-state index in [0.717, 1.165) is 63.6 Å². The van der Waals surface area contributed by atoms with Crippen molar-refractivity contribution in [2.24, 2.45) is 0 Å². The summed E-state index contributed by atoms with van der Waals surface area (Å²) in [4.78, 5) is 30.9. The minimum atomic E-state index is 0.106. The van der Waals surface area contributed by atoms with Crippen molar-refractivity contribution in [1.82, 2.24) is 14.4 Å². The number of aromatic nitrogens is 1. The maximum atomic E-state index is 13.8. The van der Waals surface area contributed by atoms with Gasteiger partial charge in [0.15, 0.2) is 0 Å². The molecule has 1 aliphatic carbocycles. The zero-order valence-electron chi connectivity index (χ0n) is 22.7. The second-order valence-corrected chi connectivity index (χ2v) is 10.4. The molecular weight excluding hydrogens is 446 g/mol. The van der Waals surface area contributed by atoms with Crippen molar-refractivity contribution in [2.45, 2.75) is 110 Å². The number of benzene rings is 1. The van der Waals surface area contributed by atoms with Gasteiger partial charge < -0.3 is 14.4 Å². The van der Waals surface area contributed by atoms with Gasteiger partial charge in [-0.05, 0) is 43.4 Å². The number of hydrogen-bond donors (Lipinski definition) is 0. The first-order chi connectivity index (χ1) is 17.6. The van der Waals surface area contributed by atoms with Gasteiger partial charge in [-0.15, -0.1) is 0 Å². The van der Waals surface area contributed by atoms with Crippen LogP contribution in [0.4, 0.5) is 0 Å². The molecule has 0 radical (unpaired) electrons. The van der Waals surface area contributed by atoms with Gasteiger partial charge in [0, 0.05) is 37.4 Å². The van der Waals surface area contributed by atoms with Crippen LogP contribution in [-0.4, -0.2) is 45.3 Å². The van der Waals surface area contributed by atoms with Crippen LogP contribution in [0.5, 0.6) is 0 Å². The number of carbonyl (C=O) groups is 2. The van der Waals surface area contributed by atoms with Gasteiger partial charge in [0.05, 0.1) is 13.1 Å². The average Bonchev–Trinajstić information content (AvgIpc) is 3.34. The lowest BCUT2D eigenvalue weighted by atomic mass is 9.94. The van der Waals surface area contributed by atoms with E-state index in [4.69, 9.17) is 0 Å². The van der Waals surface area contributed by atoms with E-state index < -0.39 is 0 Å². The molecule has 198 valence electrons. The minimum Gasteiger partial charge on any atom is -0.345 e. The monoisotopic (exact) mass is 493 g/mol. The van der Waals surface area contributed by atoms with Crippen LogP contribution in [0.3, 0.4) is 0 Å². The Kier molecular flexibility index (Phi) is 12.1. The van der Waals surface area contributed by atoms with Crippen LogP contribution < -0.4 is 0 Å². The molecule has 0 unspecified atom stereocenters. The van der Waals surface area contributed by atoms with Crippen LogP contribution >= 0.6 is 0 Å². The van der Waals surface area contributed by atoms with Gasteiger partial charge in [0.2, 0.25) is 11.8 Å². The fraction of sp³-hybridized carbons (Fsp3) is 0.613. The molecule has 0 aliphatic heterocycles. The lowest BCUT2D eigenvalue weighted by Gasteiger charge is -2.36. The van der Waals surface area contributed by atoms with Crippen molar-refractivity contribution in [3.63, 3.8) is 0 Å². The second-order valence-electron chi connectivity index (χ2n) is 10.4. The van der Waals surface area contributed by atoms with Crippen LogP contribution in [0.2, 0.25) is 0 Å². The molecule has 0 spiro atoms. The molecule has 0 atom stereocenters. The smallest absolute Gasteiger partial charge is 0.242 e. The molecule has 1 heterocycles. The molecule has 2 aromatic rings. The Labute approximate surface area is 218 Å². The second kappa shape index (κ2) is 15.5. The van der Waals surface area contributed by atoms with Gasteiger partial charge in [-0.2, -0.15) is 0 Å². The fourth-order valence-electron chi connectivity index (χ4n) is 5.30. The number of amides is 2. The summed E-state index contributed by atoms with van der Waals surface area (Å²) in [7, 11) is 0. The minimum absolute atomic E-state index is 0.106. The molecule has 5 nitrogen and oxygen atoms in total. The van der Waals surface area contributed by atoms with E-state index >= 15 is 0 Å². The van der Waals surface area contributed by atoms with Crippen molar-refractivity contribution < 1.29 is 9.59 Å². The number of rotatable bonds is 15. The van der Waals surface area contributed by atoms with Crippen molar-refractivity contribution in [2.75, 3.05) is 13.1 Å². The fourth-order valence-corrected chi connectivity index (χ4v) is 5.30. The Hall–Kier alpha value is -2.56. The van der Waals surface area contributed by atoms with Gasteiger partial charge in [0.25, 0.3) is 0 Å². The molecule has 0 bridgehead atoms. The van der Waals surface area contributed by atoms with Crippen molar-refractivity contribution in [3.8, 4) is 0 Å². The molecular formula is C31H47N3O2. The first kappa shape index (κ1) is 28.0. The lowest BCUT2D eigenvalue weighted by Crippen LogP contribution is -2.47. The van der Waals surface area contributed by atoms with E-state index in [1.807, 2.05) is 11.0 Å². The zero-order chi connectivity index (χ0) is 25.6. The number of hydrogen-bond acceptors (Lipinski definition) is 2. The molecule has 1 aliphatic rings. The molecule has 1 fully saturated rings. The summed E-state index contributed by atoms with van der Waals surface area (Å²) in [6.07, 6.45) is 14.6. The van der Waals surface area contributed by atoms with E-state index in [9.17, 15) is 9.59 Å². The van der Waals surface area contributed by atoms with Crippen LogP contribution in [0.1, 0.15) is 102 Å². The topological polar surface area (TPSA) is 45.6 Å². The predicted molar refractivity (Wildman–Crippen MR) is 148 cm³/mol. The number of unbranched alkanes of at least 4 members (excludes halogenated alkanes) is 4. The van der Waals surface area contributed by atoms with Crippen LogP contribution in [0.25, 0.3) is 0 Å². The van der Waals surface area contributed by atoms with E-state index in [1.165, 1.54) is 24.8 Å². The predicted octanol–water partition coefficient (Wildman–Crippen LogP) is 6.80. The Bertz CT molecular complexity index is 902. The van der Waals surface area contributed by atoms with E-state index in [-0.39, 0.29) is 24.4 Å². The Morgan fingerprint density at radius 3 is 2.31 bits per heavy atom. The Balaban J connectivity index is 1.74. The molecule has 2 amide bonds. The molecule has 36 heavy (non-hydrogen) atoms. The first-order valence-corrected chi connectivity index (χ1v) is 14.4. The van der Waals surface area contributed by atoms with Crippen molar-refractivity contribution >= 4 is 11.8 Å². The number of carbonyl (C=O) groups excluding carboxylic acids is 2. The zero-order valence-corrected chi connectivity index (χ0v) is 22.7. The molecule has 5 heteroatoms. The van der Waals surface area contributed by atoms with Crippen molar-refractivity contribution in [1.29, 1.82) is 0 Å². The van der Waals surface area contributed by atoms with Crippen LogP contribution in [-0.2, 0) is 22.7 Å². The third-order valence-corrected chi connectivity index (χ3v) is 7.49. The quantitative estimate of drug-likeness (QED) is 0.256. The van der Waals surface area contributed by atoms with Crippen LogP contribution in [0, 0.1) is 0 Å². The van der Waals surface area contributed by atoms with Gasteiger partial charge in [-0.3, -0.25) is 9.59 Å². The highest BCUT2D eigenvalue weighted by Gasteiger charge is 2.28. The van der Waals surface area contributed by atoms with Gasteiger partial charge >= 0.3 is 0 Å². The third kappa shape index (κ3) is 8.83. The summed E-state index contributed by atoms with van der Waals surface area (Å²) in [6, 6.07) is 15.0. The maximum Gasteiger partial charge on any atom is 0.242 e. The van der Waals surface area contributed by atoms with Crippen molar-refractivity contribution in [3.05, 3.63) is 59.9 Å². The first-order valence-electron chi connectivity index (χ1n) is 14.4. The summed E-state index contributed by atoms with van der Waals surface area (Å²) in [5.74, 6) is 0.249. The van der Waals surface area contributed by atoms with E-state index in [2.05, 4.69) is 65.9 Å². The molecule has 0 saturated heterocycles. The summed E-state index contributed by atoms with van der Waals surface area (Å²) >= 11 is 0. The summed E-state index contributed by atoms with van der Waals surface area (Å²) in [5.41, 5.74) is 2.41. The van der Waals surface area contributed by atoms with Gasteiger partial charge in [-0.1, -0.05) is 89.1 Å². The van der Waals surface area contributed by atoms with E-state index in [0.29, 0.717) is 19.5 Å². The van der Waals surface area contributed by atoms with Crippen LogP contribution in [0.15, 0.2) is 48.7 Å². The largest absolute Gasteiger partial charge is 0.345 e. The normalized spacial score (nSPS) is 14.1.